The Kier molecular flexibility index (Phi) is 4.91. The lowest BCUT2D eigenvalue weighted by atomic mass is 10.1. The van der Waals surface area contributed by atoms with Crippen LogP contribution in [0.25, 0.3) is 10.2 Å². The molecule has 0 spiro atoms. The molecule has 1 aliphatic rings. The number of thiazole rings is 1. The summed E-state index contributed by atoms with van der Waals surface area (Å²) in [6.07, 6.45) is -1.95. The van der Waals surface area contributed by atoms with E-state index in [1.807, 2.05) is 0 Å². The van der Waals surface area contributed by atoms with Gasteiger partial charge in [0, 0.05) is 12.5 Å². The van der Waals surface area contributed by atoms with E-state index >= 15 is 0 Å². The van der Waals surface area contributed by atoms with E-state index < -0.39 is 12.8 Å². The number of aromatic nitrogens is 1. The number of benzene rings is 1. The Balaban J connectivity index is 1.63. The smallest absolute Gasteiger partial charge is 0.422 e. The van der Waals surface area contributed by atoms with E-state index in [1.54, 1.807) is 6.07 Å². The van der Waals surface area contributed by atoms with Crippen molar-refractivity contribution >= 4 is 32.6 Å². The molecule has 1 atom stereocenters. The van der Waals surface area contributed by atoms with Crippen molar-refractivity contribution < 1.29 is 22.7 Å². The van der Waals surface area contributed by atoms with Gasteiger partial charge in [-0.1, -0.05) is 11.3 Å². The molecule has 5 nitrogen and oxygen atoms in total. The molecule has 1 amide bonds. The summed E-state index contributed by atoms with van der Waals surface area (Å²) in [4.78, 5) is 16.3. The Labute approximate surface area is 140 Å². The molecule has 2 aromatic rings. The topological polar surface area (TPSA) is 63.2 Å². The summed E-state index contributed by atoms with van der Waals surface area (Å²) in [7, 11) is 0. The monoisotopic (exact) mass is 359 g/mol. The second kappa shape index (κ2) is 6.94. The van der Waals surface area contributed by atoms with Crippen LogP contribution < -0.4 is 15.4 Å². The fourth-order valence-corrected chi connectivity index (χ4v) is 3.45. The number of anilines is 1. The van der Waals surface area contributed by atoms with Crippen molar-refractivity contribution in [1.82, 2.24) is 10.3 Å². The molecule has 1 aromatic carbocycles. The average molecular weight is 359 g/mol. The van der Waals surface area contributed by atoms with E-state index in [2.05, 4.69) is 15.6 Å². The van der Waals surface area contributed by atoms with Crippen molar-refractivity contribution in [1.29, 1.82) is 0 Å². The van der Waals surface area contributed by atoms with Crippen LogP contribution in [0.3, 0.4) is 0 Å². The van der Waals surface area contributed by atoms with Gasteiger partial charge in [-0.25, -0.2) is 4.98 Å². The largest absolute Gasteiger partial charge is 0.484 e. The zero-order valence-corrected chi connectivity index (χ0v) is 13.5. The minimum atomic E-state index is -4.38. The number of nitrogens with one attached hydrogen (secondary N) is 2. The van der Waals surface area contributed by atoms with Crippen molar-refractivity contribution in [2.24, 2.45) is 0 Å². The van der Waals surface area contributed by atoms with Gasteiger partial charge in [-0.05, 0) is 37.6 Å². The SMILES string of the molecule is O=C(CC1CCCN1)Nc1nc2ccc(OCC(F)(F)F)cc2s1. The maximum atomic E-state index is 12.2. The molecule has 0 aliphatic carbocycles. The Bertz CT molecular complexity index is 726. The standard InChI is InChI=1S/C15H16F3N3O2S/c16-15(17,18)8-23-10-3-4-11-12(7-10)24-14(20-11)21-13(22)6-9-2-1-5-19-9/h3-4,7,9,19H,1-2,5-6,8H2,(H,20,21,22). The molecule has 130 valence electrons. The van der Waals surface area contributed by atoms with Gasteiger partial charge in [0.05, 0.1) is 10.2 Å². The number of rotatable bonds is 5. The summed E-state index contributed by atoms with van der Waals surface area (Å²) < 4.78 is 41.9. The highest BCUT2D eigenvalue weighted by Gasteiger charge is 2.28. The van der Waals surface area contributed by atoms with Crippen LogP contribution in [0, 0.1) is 0 Å². The molecule has 0 radical (unpaired) electrons. The van der Waals surface area contributed by atoms with E-state index in [-0.39, 0.29) is 17.7 Å². The molecule has 3 rings (SSSR count). The van der Waals surface area contributed by atoms with Crippen LogP contribution >= 0.6 is 11.3 Å². The number of nitrogens with zero attached hydrogens (tertiary/aromatic N) is 1. The third-order valence-corrected chi connectivity index (χ3v) is 4.54. The molecular formula is C15H16F3N3O2S. The Morgan fingerprint density at radius 2 is 2.29 bits per heavy atom. The molecule has 2 heterocycles. The molecule has 1 aromatic heterocycles. The highest BCUT2D eigenvalue weighted by Crippen LogP contribution is 2.30. The predicted octanol–water partition coefficient (Wildman–Crippen LogP) is 3.32. The van der Waals surface area contributed by atoms with Crippen molar-refractivity contribution in [3.63, 3.8) is 0 Å². The van der Waals surface area contributed by atoms with Crippen LogP contribution in [0.5, 0.6) is 5.75 Å². The van der Waals surface area contributed by atoms with Gasteiger partial charge in [-0.15, -0.1) is 0 Å². The summed E-state index contributed by atoms with van der Waals surface area (Å²) in [5, 5.41) is 6.42. The fourth-order valence-electron chi connectivity index (χ4n) is 2.54. The van der Waals surface area contributed by atoms with Gasteiger partial charge in [0.25, 0.3) is 0 Å². The molecule has 2 N–H and O–H groups in total. The predicted molar refractivity (Wildman–Crippen MR) is 85.4 cm³/mol. The van der Waals surface area contributed by atoms with Gasteiger partial charge >= 0.3 is 6.18 Å². The number of amides is 1. The van der Waals surface area contributed by atoms with Crippen LogP contribution in [-0.4, -0.2) is 36.3 Å². The van der Waals surface area contributed by atoms with Crippen LogP contribution in [0.15, 0.2) is 18.2 Å². The number of hydrogen-bond acceptors (Lipinski definition) is 5. The molecular weight excluding hydrogens is 343 g/mol. The number of carbonyl (C=O) groups excluding carboxylic acids is 1. The number of fused-ring (bicyclic) bond motifs is 1. The lowest BCUT2D eigenvalue weighted by molar-refractivity contribution is -0.153. The third-order valence-electron chi connectivity index (χ3n) is 3.60. The first-order valence-corrected chi connectivity index (χ1v) is 8.34. The summed E-state index contributed by atoms with van der Waals surface area (Å²) >= 11 is 1.21. The maximum absolute atomic E-state index is 12.2. The minimum Gasteiger partial charge on any atom is -0.484 e. The van der Waals surface area contributed by atoms with Crippen LogP contribution in [0.1, 0.15) is 19.3 Å². The highest BCUT2D eigenvalue weighted by atomic mass is 32.1. The number of carbonyl (C=O) groups is 1. The van der Waals surface area contributed by atoms with Crippen molar-refractivity contribution in [3.8, 4) is 5.75 Å². The van der Waals surface area contributed by atoms with Gasteiger partial charge in [-0.3, -0.25) is 4.79 Å². The van der Waals surface area contributed by atoms with Gasteiger partial charge in [0.15, 0.2) is 11.7 Å². The zero-order valence-electron chi connectivity index (χ0n) is 12.7. The Hall–Kier alpha value is -1.87. The molecule has 24 heavy (non-hydrogen) atoms. The van der Waals surface area contributed by atoms with Crippen LogP contribution in [0.4, 0.5) is 18.3 Å². The number of hydrogen-bond donors (Lipinski definition) is 2. The first-order valence-electron chi connectivity index (χ1n) is 7.52. The fraction of sp³-hybridized carbons (Fsp3) is 0.467. The Morgan fingerprint density at radius 3 is 3.00 bits per heavy atom. The van der Waals surface area contributed by atoms with Crippen LogP contribution in [0.2, 0.25) is 0 Å². The minimum absolute atomic E-state index is 0.122. The lowest BCUT2D eigenvalue weighted by Gasteiger charge is -2.08. The van der Waals surface area contributed by atoms with E-state index in [0.717, 1.165) is 19.4 Å². The molecule has 1 unspecified atom stereocenters. The summed E-state index contributed by atoms with van der Waals surface area (Å²) in [5.41, 5.74) is 0.605. The zero-order chi connectivity index (χ0) is 17.2. The summed E-state index contributed by atoms with van der Waals surface area (Å²) in [5.74, 6) is -0.00138. The normalized spacial score (nSPS) is 18.0. The van der Waals surface area contributed by atoms with E-state index in [9.17, 15) is 18.0 Å². The third kappa shape index (κ3) is 4.57. The molecule has 1 fully saturated rings. The van der Waals surface area contributed by atoms with E-state index in [4.69, 9.17) is 4.74 Å². The summed E-state index contributed by atoms with van der Waals surface area (Å²) in [6.45, 7) is -0.408. The number of halogens is 3. The van der Waals surface area contributed by atoms with Gasteiger partial charge in [-0.2, -0.15) is 13.2 Å². The quantitative estimate of drug-likeness (QED) is 0.860. The molecule has 0 saturated carbocycles. The molecule has 0 bridgehead atoms. The second-order valence-corrected chi connectivity index (χ2v) is 6.63. The van der Waals surface area contributed by atoms with Crippen molar-refractivity contribution in [2.45, 2.75) is 31.5 Å². The maximum Gasteiger partial charge on any atom is 0.422 e. The molecule has 9 heteroatoms. The van der Waals surface area contributed by atoms with Gasteiger partial charge in [0.2, 0.25) is 5.91 Å². The van der Waals surface area contributed by atoms with Crippen molar-refractivity contribution in [3.05, 3.63) is 18.2 Å². The second-order valence-electron chi connectivity index (χ2n) is 5.60. The number of alkyl halides is 3. The highest BCUT2D eigenvalue weighted by molar-refractivity contribution is 7.22. The van der Waals surface area contributed by atoms with Crippen LogP contribution in [-0.2, 0) is 4.79 Å². The molecule has 1 aliphatic heterocycles. The van der Waals surface area contributed by atoms with Gasteiger partial charge in [0.1, 0.15) is 5.75 Å². The van der Waals surface area contributed by atoms with Gasteiger partial charge < -0.3 is 15.4 Å². The van der Waals surface area contributed by atoms with E-state index in [0.29, 0.717) is 21.8 Å². The average Bonchev–Trinajstić information content (AvgIpc) is 3.12. The van der Waals surface area contributed by atoms with E-state index in [1.165, 1.54) is 23.5 Å². The van der Waals surface area contributed by atoms with Crippen molar-refractivity contribution in [2.75, 3.05) is 18.5 Å². The first kappa shape index (κ1) is 17.0. The lowest BCUT2D eigenvalue weighted by Crippen LogP contribution is -2.27. The first-order chi connectivity index (χ1) is 11.4. The molecule has 1 saturated heterocycles. The number of ether oxygens (including phenoxy) is 1. The Morgan fingerprint density at radius 1 is 1.46 bits per heavy atom. The summed E-state index contributed by atoms with van der Waals surface area (Å²) in [6, 6.07) is 4.70.